The maximum absolute atomic E-state index is 12.4. The van der Waals surface area contributed by atoms with Crippen LogP contribution in [0.1, 0.15) is 18.2 Å². The number of nitrogens with one attached hydrogen (secondary N) is 1. The third kappa shape index (κ3) is 3.08. The highest BCUT2D eigenvalue weighted by molar-refractivity contribution is 5.80. The van der Waals surface area contributed by atoms with Crippen molar-refractivity contribution in [3.05, 3.63) is 51.9 Å². The van der Waals surface area contributed by atoms with Crippen molar-refractivity contribution in [2.45, 2.75) is 13.8 Å². The van der Waals surface area contributed by atoms with Gasteiger partial charge in [-0.2, -0.15) is 5.10 Å². The predicted molar refractivity (Wildman–Crippen MR) is 83.5 cm³/mol. The smallest absolute Gasteiger partial charge is 0.427 e. The Labute approximate surface area is 127 Å². The van der Waals surface area contributed by atoms with Gasteiger partial charge in [-0.05, 0) is 26.0 Å². The Morgan fingerprint density at radius 2 is 2.05 bits per heavy atom. The summed E-state index contributed by atoms with van der Waals surface area (Å²) < 4.78 is 7.93. The average Bonchev–Trinajstić information content (AvgIpc) is 2.72. The molecule has 0 aliphatic rings. The van der Waals surface area contributed by atoms with Crippen molar-refractivity contribution in [3.8, 4) is 5.69 Å². The van der Waals surface area contributed by atoms with Gasteiger partial charge in [-0.25, -0.2) is 14.9 Å². The quantitative estimate of drug-likeness (QED) is 0.688. The van der Waals surface area contributed by atoms with Gasteiger partial charge in [0, 0.05) is 12.6 Å². The van der Waals surface area contributed by atoms with Gasteiger partial charge in [-0.15, -0.1) is 0 Å². The van der Waals surface area contributed by atoms with Gasteiger partial charge in [0.25, 0.3) is 5.56 Å². The molecule has 2 aromatic rings. The lowest BCUT2D eigenvalue weighted by Crippen LogP contribution is -2.20. The number of rotatable bonds is 4. The maximum Gasteiger partial charge on any atom is 0.427 e. The van der Waals surface area contributed by atoms with Crippen molar-refractivity contribution in [2.24, 2.45) is 12.1 Å². The minimum atomic E-state index is -0.635. The van der Waals surface area contributed by atoms with Crippen LogP contribution in [0, 0.1) is 6.92 Å². The fourth-order valence-electron chi connectivity index (χ4n) is 2.10. The first-order valence-corrected chi connectivity index (χ1v) is 6.86. The molecule has 0 saturated heterocycles. The van der Waals surface area contributed by atoms with E-state index in [4.69, 9.17) is 4.74 Å². The van der Waals surface area contributed by atoms with Crippen LogP contribution in [0.25, 0.3) is 5.69 Å². The van der Waals surface area contributed by atoms with Gasteiger partial charge < -0.3 is 4.74 Å². The van der Waals surface area contributed by atoms with Gasteiger partial charge in [-0.3, -0.25) is 9.48 Å². The van der Waals surface area contributed by atoms with Crippen LogP contribution in [0.15, 0.2) is 40.2 Å². The lowest BCUT2D eigenvalue weighted by atomic mass is 10.3. The van der Waals surface area contributed by atoms with Gasteiger partial charge in [0.2, 0.25) is 0 Å². The maximum atomic E-state index is 12.4. The minimum Gasteiger partial charge on any atom is -0.449 e. The molecule has 1 N–H and O–H groups in total. The molecule has 1 aromatic carbocycles. The first-order valence-electron chi connectivity index (χ1n) is 6.86. The van der Waals surface area contributed by atoms with Crippen molar-refractivity contribution < 1.29 is 9.53 Å². The van der Waals surface area contributed by atoms with E-state index >= 15 is 0 Å². The Morgan fingerprint density at radius 1 is 1.36 bits per heavy atom. The Bertz CT molecular complexity index is 744. The largest absolute Gasteiger partial charge is 0.449 e. The number of carbonyl (C=O) groups excluding carboxylic acids is 1. The molecule has 0 spiro atoms. The molecular weight excluding hydrogens is 284 g/mol. The Balaban J connectivity index is 2.33. The second-order valence-electron chi connectivity index (χ2n) is 4.58. The van der Waals surface area contributed by atoms with Gasteiger partial charge in [-0.1, -0.05) is 18.2 Å². The van der Waals surface area contributed by atoms with Crippen LogP contribution < -0.4 is 11.0 Å². The monoisotopic (exact) mass is 302 g/mol. The number of para-hydroxylation sites is 1. The number of carbonyl (C=O) groups is 1. The van der Waals surface area contributed by atoms with Crippen LogP contribution >= 0.6 is 0 Å². The summed E-state index contributed by atoms with van der Waals surface area (Å²) in [7, 11) is 1.76. The van der Waals surface area contributed by atoms with Crippen LogP contribution in [0.2, 0.25) is 0 Å². The molecule has 0 aliphatic carbocycles. The molecule has 0 bridgehead atoms. The molecule has 22 heavy (non-hydrogen) atoms. The molecule has 0 aliphatic heterocycles. The number of benzene rings is 1. The lowest BCUT2D eigenvalue weighted by Gasteiger charge is -2.07. The van der Waals surface area contributed by atoms with Gasteiger partial charge in [0.15, 0.2) is 0 Å². The summed E-state index contributed by atoms with van der Waals surface area (Å²) in [5.74, 6) is 0. The second-order valence-corrected chi connectivity index (χ2v) is 4.58. The Morgan fingerprint density at radius 3 is 2.68 bits per heavy atom. The van der Waals surface area contributed by atoms with Gasteiger partial charge in [0.05, 0.1) is 24.2 Å². The number of hydrogen-bond donors (Lipinski definition) is 1. The number of hydrogen-bond acceptors (Lipinski definition) is 4. The van der Waals surface area contributed by atoms with E-state index in [0.29, 0.717) is 11.3 Å². The van der Waals surface area contributed by atoms with Crippen LogP contribution in [0.5, 0.6) is 0 Å². The first-order chi connectivity index (χ1) is 10.6. The van der Waals surface area contributed by atoms with E-state index in [2.05, 4.69) is 10.5 Å². The highest BCUT2D eigenvalue weighted by Crippen LogP contribution is 2.08. The minimum absolute atomic E-state index is 0.133. The van der Waals surface area contributed by atoms with Crippen LogP contribution in [0.3, 0.4) is 0 Å². The fourth-order valence-corrected chi connectivity index (χ4v) is 2.10. The van der Waals surface area contributed by atoms with Crippen molar-refractivity contribution in [1.82, 2.24) is 14.8 Å². The van der Waals surface area contributed by atoms with Crippen molar-refractivity contribution in [3.63, 3.8) is 0 Å². The normalized spacial score (nSPS) is 10.9. The third-order valence-electron chi connectivity index (χ3n) is 3.16. The topological polar surface area (TPSA) is 77.6 Å². The fraction of sp³-hybridized carbons (Fsp3) is 0.267. The summed E-state index contributed by atoms with van der Waals surface area (Å²) in [4.78, 5) is 23.6. The van der Waals surface area contributed by atoms with Gasteiger partial charge >= 0.3 is 6.09 Å². The molecule has 1 heterocycles. The third-order valence-corrected chi connectivity index (χ3v) is 3.16. The molecule has 1 amide bonds. The number of aromatic nitrogens is 2. The molecule has 0 atom stereocenters. The van der Waals surface area contributed by atoms with E-state index in [9.17, 15) is 9.59 Å². The van der Waals surface area contributed by atoms with Crippen LogP contribution in [0.4, 0.5) is 4.79 Å². The van der Waals surface area contributed by atoms with E-state index in [1.807, 2.05) is 30.3 Å². The number of amides is 1. The molecule has 7 heteroatoms. The van der Waals surface area contributed by atoms with E-state index in [0.717, 1.165) is 5.69 Å². The van der Waals surface area contributed by atoms with Crippen molar-refractivity contribution in [2.75, 3.05) is 6.61 Å². The molecule has 0 fully saturated rings. The Kier molecular flexibility index (Phi) is 4.77. The standard InChI is InChI=1S/C15H18N4O3/c1-4-22-15(21)17-16-10-13-11(2)14(20)19(18(13)3)12-8-6-5-7-9-12/h5-10H,4H2,1-3H3,(H,17,21)/b16-10-. The van der Waals surface area contributed by atoms with E-state index in [1.54, 1.807) is 30.3 Å². The van der Waals surface area contributed by atoms with Gasteiger partial charge in [0.1, 0.15) is 0 Å². The SMILES string of the molecule is CCOC(=O)N/N=C\c1c(C)c(=O)n(-c2ccccc2)n1C. The molecular formula is C15H18N4O3. The summed E-state index contributed by atoms with van der Waals surface area (Å²) in [6, 6.07) is 9.30. The number of nitrogens with zero attached hydrogens (tertiary/aromatic N) is 3. The van der Waals surface area contributed by atoms with Crippen LogP contribution in [-0.4, -0.2) is 28.3 Å². The number of ether oxygens (including phenoxy) is 1. The van der Waals surface area contributed by atoms with E-state index < -0.39 is 6.09 Å². The Hall–Kier alpha value is -2.83. The summed E-state index contributed by atoms with van der Waals surface area (Å²) in [6.07, 6.45) is 0.788. The molecule has 0 saturated carbocycles. The zero-order valence-corrected chi connectivity index (χ0v) is 12.7. The zero-order valence-electron chi connectivity index (χ0n) is 12.7. The predicted octanol–water partition coefficient (Wildman–Crippen LogP) is 1.56. The average molecular weight is 302 g/mol. The zero-order chi connectivity index (χ0) is 16.1. The second kappa shape index (κ2) is 6.75. The first kappa shape index (κ1) is 15.6. The molecule has 7 nitrogen and oxygen atoms in total. The lowest BCUT2D eigenvalue weighted by molar-refractivity contribution is 0.152. The molecule has 2 rings (SSSR count). The summed E-state index contributed by atoms with van der Waals surface area (Å²) in [5, 5.41) is 3.81. The highest BCUT2D eigenvalue weighted by Gasteiger charge is 2.14. The summed E-state index contributed by atoms with van der Waals surface area (Å²) in [5.41, 5.74) is 4.01. The summed E-state index contributed by atoms with van der Waals surface area (Å²) >= 11 is 0. The van der Waals surface area contributed by atoms with Crippen molar-refractivity contribution in [1.29, 1.82) is 0 Å². The van der Waals surface area contributed by atoms with E-state index in [1.165, 1.54) is 6.21 Å². The summed E-state index contributed by atoms with van der Waals surface area (Å²) in [6.45, 7) is 3.69. The molecule has 0 radical (unpaired) electrons. The molecule has 116 valence electrons. The van der Waals surface area contributed by atoms with Crippen LogP contribution in [-0.2, 0) is 11.8 Å². The van der Waals surface area contributed by atoms with Crippen molar-refractivity contribution >= 4 is 12.3 Å². The number of hydrazone groups is 1. The highest BCUT2D eigenvalue weighted by atomic mass is 16.5. The van der Waals surface area contributed by atoms with E-state index in [-0.39, 0.29) is 12.2 Å². The molecule has 1 aromatic heterocycles. The molecule has 0 unspecified atom stereocenters.